The number of nitrogens with one attached hydrogen (secondary N) is 1. The zero-order valence-corrected chi connectivity index (χ0v) is 16.8. The fourth-order valence-corrected chi connectivity index (χ4v) is 3.90. The minimum atomic E-state index is -0.318. The zero-order chi connectivity index (χ0) is 21.2. The molecule has 1 N–H and O–H groups in total. The average molecular weight is 417 g/mol. The number of hydrogen-bond acceptors (Lipinski definition) is 5. The lowest BCUT2D eigenvalue weighted by atomic mass is 10.2. The SMILES string of the molecule is Fc1ccc(N2CCN(c3ccc(Nc4ncnc5cc(F)ccc45)cc3)CC2)cc1. The van der Waals surface area contributed by atoms with Crippen LogP contribution in [0.15, 0.2) is 73.1 Å². The Morgan fingerprint density at radius 2 is 1.26 bits per heavy atom. The lowest BCUT2D eigenvalue weighted by Crippen LogP contribution is -2.46. The molecule has 7 heteroatoms. The van der Waals surface area contributed by atoms with Gasteiger partial charge in [-0.2, -0.15) is 0 Å². The molecular formula is C24H21F2N5. The predicted octanol–water partition coefficient (Wildman–Crippen LogP) is 4.98. The largest absolute Gasteiger partial charge is 0.368 e. The smallest absolute Gasteiger partial charge is 0.141 e. The molecule has 0 radical (unpaired) electrons. The van der Waals surface area contributed by atoms with Crippen molar-refractivity contribution >= 4 is 33.8 Å². The Bertz CT molecular complexity index is 1190. The van der Waals surface area contributed by atoms with Crippen LogP contribution in [0.1, 0.15) is 0 Å². The van der Waals surface area contributed by atoms with Gasteiger partial charge in [-0.05, 0) is 60.7 Å². The quantitative estimate of drug-likeness (QED) is 0.508. The predicted molar refractivity (Wildman–Crippen MR) is 120 cm³/mol. The first-order valence-corrected chi connectivity index (χ1v) is 10.2. The molecule has 4 aromatic rings. The highest BCUT2D eigenvalue weighted by molar-refractivity contribution is 5.90. The number of piperazine rings is 1. The first-order chi connectivity index (χ1) is 15.2. The summed E-state index contributed by atoms with van der Waals surface area (Å²) >= 11 is 0. The van der Waals surface area contributed by atoms with Crippen LogP contribution in [0.4, 0.5) is 31.7 Å². The summed E-state index contributed by atoms with van der Waals surface area (Å²) in [5.74, 6) is 0.116. The van der Waals surface area contributed by atoms with E-state index in [9.17, 15) is 8.78 Å². The molecule has 3 aromatic carbocycles. The molecule has 0 bridgehead atoms. The number of aromatic nitrogens is 2. The molecule has 5 rings (SSSR count). The van der Waals surface area contributed by atoms with Gasteiger partial charge in [0.2, 0.25) is 0 Å². The molecule has 1 aliphatic heterocycles. The van der Waals surface area contributed by atoms with Crippen LogP contribution >= 0.6 is 0 Å². The third-order valence-corrected chi connectivity index (χ3v) is 5.57. The molecule has 0 unspecified atom stereocenters. The molecule has 1 aromatic heterocycles. The van der Waals surface area contributed by atoms with Crippen molar-refractivity contribution in [1.82, 2.24) is 9.97 Å². The minimum absolute atomic E-state index is 0.210. The molecule has 5 nitrogen and oxygen atoms in total. The maximum atomic E-state index is 13.4. The van der Waals surface area contributed by atoms with Crippen molar-refractivity contribution in [3.8, 4) is 0 Å². The van der Waals surface area contributed by atoms with Crippen LogP contribution in [0.5, 0.6) is 0 Å². The Balaban J connectivity index is 1.25. The number of anilines is 4. The van der Waals surface area contributed by atoms with Crippen LogP contribution in [0, 0.1) is 11.6 Å². The summed E-state index contributed by atoms with van der Waals surface area (Å²) in [6.45, 7) is 3.56. The molecule has 0 amide bonds. The lowest BCUT2D eigenvalue weighted by Gasteiger charge is -2.37. The standard InChI is InChI=1S/C24H21F2N5/c25-17-1-6-20(7-2-17)30-11-13-31(14-12-30)21-8-4-19(5-9-21)29-24-22-10-3-18(26)15-23(22)27-16-28-24/h1-10,15-16H,11-14H2,(H,27,28,29). The van der Waals surface area contributed by atoms with Crippen LogP contribution in [0.3, 0.4) is 0 Å². The van der Waals surface area contributed by atoms with Gasteiger partial charge in [0, 0.05) is 54.7 Å². The number of fused-ring (bicyclic) bond motifs is 1. The van der Waals surface area contributed by atoms with Gasteiger partial charge in [-0.1, -0.05) is 0 Å². The van der Waals surface area contributed by atoms with Crippen molar-refractivity contribution in [3.05, 3.63) is 84.7 Å². The number of halogens is 2. The summed E-state index contributed by atoms with van der Waals surface area (Å²) in [6.07, 6.45) is 1.43. The van der Waals surface area contributed by atoms with Crippen LogP contribution in [0.2, 0.25) is 0 Å². The molecular weight excluding hydrogens is 396 g/mol. The van der Waals surface area contributed by atoms with Gasteiger partial charge in [-0.3, -0.25) is 0 Å². The number of nitrogens with zero attached hydrogens (tertiary/aromatic N) is 4. The van der Waals surface area contributed by atoms with E-state index in [1.165, 1.54) is 30.6 Å². The molecule has 1 saturated heterocycles. The van der Waals surface area contributed by atoms with Crippen molar-refractivity contribution in [2.45, 2.75) is 0 Å². The molecule has 1 fully saturated rings. The Kier molecular flexibility index (Phi) is 5.08. The number of rotatable bonds is 4. The highest BCUT2D eigenvalue weighted by atomic mass is 19.1. The van der Waals surface area contributed by atoms with E-state index in [1.54, 1.807) is 6.07 Å². The maximum absolute atomic E-state index is 13.4. The van der Waals surface area contributed by atoms with Gasteiger partial charge in [-0.15, -0.1) is 0 Å². The van der Waals surface area contributed by atoms with Gasteiger partial charge in [0.15, 0.2) is 0 Å². The Hall–Kier alpha value is -3.74. The summed E-state index contributed by atoms with van der Waals surface area (Å²) in [4.78, 5) is 13.0. The van der Waals surface area contributed by atoms with Gasteiger partial charge in [0.25, 0.3) is 0 Å². The Morgan fingerprint density at radius 3 is 1.90 bits per heavy atom. The topological polar surface area (TPSA) is 44.3 Å². The number of hydrogen-bond donors (Lipinski definition) is 1. The van der Waals surface area contributed by atoms with E-state index in [-0.39, 0.29) is 11.6 Å². The van der Waals surface area contributed by atoms with E-state index in [1.807, 2.05) is 24.3 Å². The van der Waals surface area contributed by atoms with E-state index in [0.717, 1.165) is 48.6 Å². The van der Waals surface area contributed by atoms with Gasteiger partial charge in [0.1, 0.15) is 23.8 Å². The lowest BCUT2D eigenvalue weighted by molar-refractivity contribution is 0.625. The van der Waals surface area contributed by atoms with Crippen LogP contribution < -0.4 is 15.1 Å². The summed E-state index contributed by atoms with van der Waals surface area (Å²) in [6, 6.07) is 19.4. The minimum Gasteiger partial charge on any atom is -0.368 e. The highest BCUT2D eigenvalue weighted by Gasteiger charge is 2.17. The van der Waals surface area contributed by atoms with Crippen LogP contribution in [-0.4, -0.2) is 36.1 Å². The summed E-state index contributed by atoms with van der Waals surface area (Å²) in [7, 11) is 0. The molecule has 31 heavy (non-hydrogen) atoms. The van der Waals surface area contributed by atoms with Crippen molar-refractivity contribution in [2.24, 2.45) is 0 Å². The zero-order valence-electron chi connectivity index (χ0n) is 16.8. The van der Waals surface area contributed by atoms with E-state index in [4.69, 9.17) is 0 Å². The third kappa shape index (κ3) is 4.12. The van der Waals surface area contributed by atoms with E-state index < -0.39 is 0 Å². The molecule has 156 valence electrons. The van der Waals surface area contributed by atoms with Crippen molar-refractivity contribution in [2.75, 3.05) is 41.3 Å². The normalized spacial score (nSPS) is 14.1. The second-order valence-electron chi connectivity index (χ2n) is 7.51. The van der Waals surface area contributed by atoms with Crippen LogP contribution in [0.25, 0.3) is 10.9 Å². The Labute approximate surface area is 179 Å². The van der Waals surface area contributed by atoms with E-state index in [2.05, 4.69) is 37.2 Å². The maximum Gasteiger partial charge on any atom is 0.141 e. The molecule has 2 heterocycles. The molecule has 0 spiro atoms. The van der Waals surface area contributed by atoms with Gasteiger partial charge < -0.3 is 15.1 Å². The molecule has 1 aliphatic rings. The number of benzene rings is 3. The van der Waals surface area contributed by atoms with E-state index in [0.29, 0.717) is 11.3 Å². The molecule has 0 atom stereocenters. The summed E-state index contributed by atoms with van der Waals surface area (Å²) in [5, 5.41) is 4.07. The van der Waals surface area contributed by atoms with Crippen molar-refractivity contribution < 1.29 is 8.78 Å². The highest BCUT2D eigenvalue weighted by Crippen LogP contribution is 2.26. The van der Waals surface area contributed by atoms with Gasteiger partial charge in [0.05, 0.1) is 5.52 Å². The average Bonchev–Trinajstić information content (AvgIpc) is 2.80. The third-order valence-electron chi connectivity index (χ3n) is 5.57. The van der Waals surface area contributed by atoms with Crippen molar-refractivity contribution in [3.63, 3.8) is 0 Å². The monoisotopic (exact) mass is 417 g/mol. The van der Waals surface area contributed by atoms with Gasteiger partial charge in [-0.25, -0.2) is 18.7 Å². The first kappa shape index (κ1) is 19.2. The first-order valence-electron chi connectivity index (χ1n) is 10.2. The second kappa shape index (κ2) is 8.18. The molecule has 0 saturated carbocycles. The Morgan fingerprint density at radius 1 is 0.677 bits per heavy atom. The molecule has 0 aliphatic carbocycles. The van der Waals surface area contributed by atoms with Gasteiger partial charge >= 0.3 is 0 Å². The second-order valence-corrected chi connectivity index (χ2v) is 7.51. The fourth-order valence-electron chi connectivity index (χ4n) is 3.90. The summed E-state index contributed by atoms with van der Waals surface area (Å²) < 4.78 is 26.6. The van der Waals surface area contributed by atoms with E-state index >= 15 is 0 Å². The van der Waals surface area contributed by atoms with Crippen LogP contribution in [-0.2, 0) is 0 Å². The summed E-state index contributed by atoms with van der Waals surface area (Å²) in [5.41, 5.74) is 3.67. The fraction of sp³-hybridized carbons (Fsp3) is 0.167. The van der Waals surface area contributed by atoms with Crippen molar-refractivity contribution in [1.29, 1.82) is 0 Å².